The first-order valence-corrected chi connectivity index (χ1v) is 9.83. The van der Waals surface area contributed by atoms with Crippen LogP contribution in [0.25, 0.3) is 6.08 Å². The summed E-state index contributed by atoms with van der Waals surface area (Å²) in [7, 11) is 2.63. The monoisotopic (exact) mass is 422 g/mol. The third-order valence-electron chi connectivity index (χ3n) is 3.96. The Balaban J connectivity index is 2.99. The van der Waals surface area contributed by atoms with Gasteiger partial charge in [-0.15, -0.1) is 0 Å². The van der Waals surface area contributed by atoms with Crippen molar-refractivity contribution >= 4 is 24.0 Å². The summed E-state index contributed by atoms with van der Waals surface area (Å²) in [6.07, 6.45) is 5.07. The van der Waals surface area contributed by atoms with Crippen LogP contribution in [0.15, 0.2) is 24.3 Å². The number of esters is 3. The molecule has 0 aliphatic carbocycles. The van der Waals surface area contributed by atoms with Crippen molar-refractivity contribution in [1.82, 2.24) is 0 Å². The van der Waals surface area contributed by atoms with Crippen LogP contribution in [0.2, 0.25) is 0 Å². The first-order chi connectivity index (χ1) is 14.4. The molecule has 0 aliphatic heterocycles. The standard InChI is InChI=1S/C22H30O8/c1-5-6-9-22(29-16(2)23)30-19-15-18(28-14-7-8-20(24)26-3)12-10-17(19)11-13-21(25)27-4/h10-13,15,22H,5-9,14H2,1-4H3. The molecular formula is C22H30O8. The molecule has 0 N–H and O–H groups in total. The van der Waals surface area contributed by atoms with Gasteiger partial charge in [0.25, 0.3) is 0 Å². The zero-order chi connectivity index (χ0) is 22.4. The van der Waals surface area contributed by atoms with Gasteiger partial charge in [-0.1, -0.05) is 13.3 Å². The lowest BCUT2D eigenvalue weighted by atomic mass is 10.1. The highest BCUT2D eigenvalue weighted by Crippen LogP contribution is 2.28. The van der Waals surface area contributed by atoms with Crippen molar-refractivity contribution in [2.75, 3.05) is 20.8 Å². The van der Waals surface area contributed by atoms with Crippen LogP contribution in [-0.4, -0.2) is 45.0 Å². The van der Waals surface area contributed by atoms with Gasteiger partial charge in [0.15, 0.2) is 0 Å². The summed E-state index contributed by atoms with van der Waals surface area (Å²) in [6, 6.07) is 5.08. The fourth-order valence-electron chi connectivity index (χ4n) is 2.42. The molecule has 0 fully saturated rings. The summed E-state index contributed by atoms with van der Waals surface area (Å²) in [5.74, 6) is -0.347. The number of carbonyl (C=O) groups is 3. The number of unbranched alkanes of at least 4 members (excludes halogenated alkanes) is 1. The normalized spacial score (nSPS) is 11.6. The van der Waals surface area contributed by atoms with Gasteiger partial charge in [0.1, 0.15) is 11.5 Å². The highest BCUT2D eigenvalue weighted by Gasteiger charge is 2.16. The molecule has 30 heavy (non-hydrogen) atoms. The molecule has 1 aromatic carbocycles. The molecule has 1 rings (SSSR count). The Morgan fingerprint density at radius 1 is 1.10 bits per heavy atom. The second-order valence-corrected chi connectivity index (χ2v) is 6.38. The van der Waals surface area contributed by atoms with Crippen molar-refractivity contribution in [1.29, 1.82) is 0 Å². The topological polar surface area (TPSA) is 97.4 Å². The molecule has 1 unspecified atom stereocenters. The number of rotatable bonds is 13. The third kappa shape index (κ3) is 9.95. The maximum atomic E-state index is 11.4. The number of ether oxygens (including phenoxy) is 5. The lowest BCUT2D eigenvalue weighted by molar-refractivity contribution is -0.161. The molecule has 0 aromatic heterocycles. The van der Waals surface area contributed by atoms with E-state index in [1.165, 1.54) is 27.2 Å². The minimum Gasteiger partial charge on any atom is -0.493 e. The number of hydrogen-bond acceptors (Lipinski definition) is 8. The van der Waals surface area contributed by atoms with E-state index in [1.807, 2.05) is 6.92 Å². The molecule has 8 heteroatoms. The largest absolute Gasteiger partial charge is 0.493 e. The average Bonchev–Trinajstić information content (AvgIpc) is 2.73. The first-order valence-electron chi connectivity index (χ1n) is 9.83. The third-order valence-corrected chi connectivity index (χ3v) is 3.96. The zero-order valence-corrected chi connectivity index (χ0v) is 18.0. The van der Waals surface area contributed by atoms with Crippen LogP contribution in [0.3, 0.4) is 0 Å². The lowest BCUT2D eigenvalue weighted by Crippen LogP contribution is -2.23. The van der Waals surface area contributed by atoms with Crippen LogP contribution >= 0.6 is 0 Å². The van der Waals surface area contributed by atoms with E-state index in [0.29, 0.717) is 36.5 Å². The Morgan fingerprint density at radius 2 is 1.87 bits per heavy atom. The van der Waals surface area contributed by atoms with E-state index in [4.69, 9.17) is 14.2 Å². The quantitative estimate of drug-likeness (QED) is 0.156. The van der Waals surface area contributed by atoms with Crippen molar-refractivity contribution in [3.63, 3.8) is 0 Å². The number of methoxy groups -OCH3 is 2. The van der Waals surface area contributed by atoms with Crippen LogP contribution in [0.4, 0.5) is 0 Å². The maximum Gasteiger partial charge on any atom is 0.330 e. The van der Waals surface area contributed by atoms with Crippen molar-refractivity contribution in [3.8, 4) is 11.5 Å². The number of carbonyl (C=O) groups excluding carboxylic acids is 3. The Kier molecular flexibility index (Phi) is 11.7. The molecule has 0 saturated heterocycles. The van der Waals surface area contributed by atoms with E-state index in [9.17, 15) is 14.4 Å². The molecule has 0 radical (unpaired) electrons. The number of benzene rings is 1. The smallest absolute Gasteiger partial charge is 0.330 e. The van der Waals surface area contributed by atoms with Gasteiger partial charge in [-0.2, -0.15) is 0 Å². The van der Waals surface area contributed by atoms with E-state index < -0.39 is 18.2 Å². The summed E-state index contributed by atoms with van der Waals surface area (Å²) in [4.78, 5) is 34.1. The van der Waals surface area contributed by atoms with Crippen LogP contribution in [0, 0.1) is 0 Å². The van der Waals surface area contributed by atoms with E-state index in [1.54, 1.807) is 24.3 Å². The second-order valence-electron chi connectivity index (χ2n) is 6.38. The molecule has 8 nitrogen and oxygen atoms in total. The van der Waals surface area contributed by atoms with Crippen LogP contribution in [0.1, 0.15) is 51.5 Å². The van der Waals surface area contributed by atoms with E-state index in [2.05, 4.69) is 9.47 Å². The van der Waals surface area contributed by atoms with E-state index >= 15 is 0 Å². The average molecular weight is 422 g/mol. The van der Waals surface area contributed by atoms with E-state index in [0.717, 1.165) is 12.8 Å². The molecule has 0 heterocycles. The van der Waals surface area contributed by atoms with Crippen LogP contribution in [0.5, 0.6) is 11.5 Å². The minimum absolute atomic E-state index is 0.255. The summed E-state index contributed by atoms with van der Waals surface area (Å²) in [6.45, 7) is 3.66. The Morgan fingerprint density at radius 3 is 2.50 bits per heavy atom. The van der Waals surface area contributed by atoms with Gasteiger partial charge < -0.3 is 23.7 Å². The van der Waals surface area contributed by atoms with Gasteiger partial charge in [0.2, 0.25) is 6.29 Å². The Bertz CT molecular complexity index is 726. The summed E-state index contributed by atoms with van der Waals surface area (Å²) in [5, 5.41) is 0. The molecule has 166 valence electrons. The molecule has 1 atom stereocenters. The molecule has 0 amide bonds. The highest BCUT2D eigenvalue weighted by atomic mass is 16.7. The van der Waals surface area contributed by atoms with Crippen LogP contribution < -0.4 is 9.47 Å². The van der Waals surface area contributed by atoms with Gasteiger partial charge in [-0.05, 0) is 31.1 Å². The predicted molar refractivity (Wildman–Crippen MR) is 110 cm³/mol. The first kappa shape index (κ1) is 25.0. The van der Waals surface area contributed by atoms with Crippen LogP contribution in [-0.2, 0) is 28.6 Å². The fraction of sp³-hybridized carbons (Fsp3) is 0.500. The van der Waals surface area contributed by atoms with Gasteiger partial charge in [0, 0.05) is 37.5 Å². The van der Waals surface area contributed by atoms with Gasteiger partial charge >= 0.3 is 17.9 Å². The Hall–Kier alpha value is -3.03. The summed E-state index contributed by atoms with van der Waals surface area (Å²) in [5.41, 5.74) is 0.593. The van der Waals surface area contributed by atoms with Gasteiger partial charge in [-0.25, -0.2) is 4.79 Å². The predicted octanol–water partition coefficient (Wildman–Crippen LogP) is 3.66. The van der Waals surface area contributed by atoms with Crippen molar-refractivity contribution in [2.45, 2.75) is 52.2 Å². The van der Waals surface area contributed by atoms with E-state index in [-0.39, 0.29) is 12.4 Å². The van der Waals surface area contributed by atoms with Crippen molar-refractivity contribution in [3.05, 3.63) is 29.8 Å². The van der Waals surface area contributed by atoms with Crippen molar-refractivity contribution < 1.29 is 38.1 Å². The zero-order valence-electron chi connectivity index (χ0n) is 18.0. The van der Waals surface area contributed by atoms with Gasteiger partial charge in [0.05, 0.1) is 20.8 Å². The van der Waals surface area contributed by atoms with Crippen molar-refractivity contribution in [2.24, 2.45) is 0 Å². The summed E-state index contributed by atoms with van der Waals surface area (Å²) < 4.78 is 26.1. The molecule has 0 aliphatic rings. The number of hydrogen-bond donors (Lipinski definition) is 0. The Labute approximate surface area is 177 Å². The molecule has 1 aromatic rings. The minimum atomic E-state index is -0.762. The maximum absolute atomic E-state index is 11.4. The fourth-order valence-corrected chi connectivity index (χ4v) is 2.42. The second kappa shape index (κ2) is 14.0. The molecule has 0 spiro atoms. The molecule has 0 saturated carbocycles. The SMILES string of the molecule is CCCCC(OC(C)=O)Oc1cc(OCCCC(=O)OC)ccc1C=CC(=O)OC. The highest BCUT2D eigenvalue weighted by molar-refractivity contribution is 5.87. The lowest BCUT2D eigenvalue weighted by Gasteiger charge is -2.20. The van der Waals surface area contributed by atoms with Gasteiger partial charge in [-0.3, -0.25) is 9.59 Å². The summed E-state index contributed by atoms with van der Waals surface area (Å²) >= 11 is 0. The molecular weight excluding hydrogens is 392 g/mol. The molecule has 0 bridgehead atoms.